The molecule has 1 fully saturated rings. The van der Waals surface area contributed by atoms with E-state index < -0.39 is 23.9 Å². The van der Waals surface area contributed by atoms with Crippen LogP contribution in [0.4, 0.5) is 17.6 Å². The van der Waals surface area contributed by atoms with Crippen molar-refractivity contribution < 1.29 is 47.7 Å². The second-order valence-electron chi connectivity index (χ2n) is 23.3. The minimum atomic E-state index is -0.745. The molecule has 0 radical (unpaired) electrons. The second-order valence-corrected chi connectivity index (χ2v) is 23.3. The van der Waals surface area contributed by atoms with Gasteiger partial charge in [-0.25, -0.2) is 24.0 Å². The van der Waals surface area contributed by atoms with Gasteiger partial charge < -0.3 is 34.3 Å². The minimum Gasteiger partial charge on any atom is -0.462 e. The number of unbranched alkanes of at least 4 members (excludes halogenated alkanes) is 1. The molecule has 1 atom stereocenters. The Labute approximate surface area is 416 Å². The summed E-state index contributed by atoms with van der Waals surface area (Å²) in [5, 5.41) is 6.70. The highest BCUT2D eigenvalue weighted by atomic mass is 16.6. The molecule has 2 aliphatic carbocycles. The Morgan fingerprint density at radius 2 is 1.14 bits per heavy atom. The van der Waals surface area contributed by atoms with Gasteiger partial charge in [-0.2, -0.15) is 15.0 Å². The number of benzene rings is 1. The summed E-state index contributed by atoms with van der Waals surface area (Å²) in [5.41, 5.74) is 0.357. The van der Waals surface area contributed by atoms with Crippen molar-refractivity contribution in [3.05, 3.63) is 82.8 Å². The van der Waals surface area contributed by atoms with E-state index in [2.05, 4.69) is 10.6 Å². The van der Waals surface area contributed by atoms with E-state index in [1.54, 1.807) is 30.3 Å². The van der Waals surface area contributed by atoms with Crippen LogP contribution in [0.1, 0.15) is 151 Å². The highest BCUT2D eigenvalue weighted by Gasteiger charge is 2.30. The maximum atomic E-state index is 13.3. The van der Waals surface area contributed by atoms with Gasteiger partial charge in [0.25, 0.3) is 0 Å². The lowest BCUT2D eigenvalue weighted by Gasteiger charge is -2.27. The summed E-state index contributed by atoms with van der Waals surface area (Å²) in [4.78, 5) is 80.0. The van der Waals surface area contributed by atoms with Crippen molar-refractivity contribution in [1.82, 2.24) is 15.0 Å². The zero-order valence-corrected chi connectivity index (χ0v) is 44.0. The summed E-state index contributed by atoms with van der Waals surface area (Å²) in [7, 11) is 0. The fourth-order valence-electron chi connectivity index (χ4n) is 6.94. The van der Waals surface area contributed by atoms with Gasteiger partial charge in [-0.3, -0.25) is 0 Å². The monoisotopic (exact) mass is 970 g/mol. The molecule has 1 aromatic carbocycles. The van der Waals surface area contributed by atoms with Crippen molar-refractivity contribution >= 4 is 47.4 Å². The molecule has 0 saturated heterocycles. The number of nitrogens with zero attached hydrogens (tertiary/aromatic N) is 3. The molecule has 384 valence electrons. The first-order valence-electron chi connectivity index (χ1n) is 24.7. The molecule has 0 spiro atoms. The molecule has 2 aliphatic rings. The van der Waals surface area contributed by atoms with Crippen LogP contribution in [-0.2, 0) is 49.3 Å². The molecule has 0 aliphatic heterocycles. The third-order valence-electron chi connectivity index (χ3n) is 10.7. The highest BCUT2D eigenvalue weighted by Crippen LogP contribution is 2.33. The van der Waals surface area contributed by atoms with Crippen LogP contribution >= 0.6 is 0 Å². The fraction of sp³-hybridized carbons (Fsp3) is 0.600. The number of rotatable bonds is 20. The van der Waals surface area contributed by atoms with Gasteiger partial charge in [-0.1, -0.05) is 121 Å². The summed E-state index contributed by atoms with van der Waals surface area (Å²) >= 11 is 0. The number of hydrogen-bond donors (Lipinski definition) is 2. The Bertz CT molecular complexity index is 2180. The van der Waals surface area contributed by atoms with E-state index in [0.717, 1.165) is 38.5 Å². The van der Waals surface area contributed by atoms with Crippen LogP contribution < -0.4 is 10.6 Å². The van der Waals surface area contributed by atoms with Crippen LogP contribution in [-0.4, -0.2) is 83.9 Å². The molecule has 4 rings (SSSR count). The molecule has 2 aromatic rings. The molecule has 0 bridgehead atoms. The minimum absolute atomic E-state index is 0.0273. The van der Waals surface area contributed by atoms with E-state index in [1.807, 2.05) is 108 Å². The van der Waals surface area contributed by atoms with E-state index in [1.165, 1.54) is 6.08 Å². The highest BCUT2D eigenvalue weighted by molar-refractivity contribution is 6.15. The third-order valence-corrected chi connectivity index (χ3v) is 10.7. The predicted octanol–water partition coefficient (Wildman–Crippen LogP) is 10.8. The fourth-order valence-corrected chi connectivity index (χ4v) is 6.94. The number of ether oxygens (including phenoxy) is 5. The molecular weight excluding hydrogens is 891 g/mol. The standard InChI is InChI=1S/C55H79N5O10/c1-14-15-28-66-45(61)39-22-26-41(27-23-39)57-51-59-44(31-38-18-16-36(17-19-38)29-42(46(62)67-32-52(2,3)4)47(63)68-33-53(5,6)7)58-50(60-51)56-40-24-20-37(21-25-40)30-43(48(64)69-34-54(8,9)10)49(65)70-35-55(11,12)13/h20-24,26-27,29-30,36,38,40H,14-19,25,28,31-35H2,1-13H3,(H2,56,57,58,59,60). The van der Waals surface area contributed by atoms with Crippen molar-refractivity contribution in [2.24, 2.45) is 33.5 Å². The van der Waals surface area contributed by atoms with Crippen molar-refractivity contribution in [3.63, 3.8) is 0 Å². The van der Waals surface area contributed by atoms with Gasteiger partial charge in [0.2, 0.25) is 11.9 Å². The maximum absolute atomic E-state index is 13.3. The van der Waals surface area contributed by atoms with Crippen LogP contribution in [0, 0.1) is 33.5 Å². The first-order chi connectivity index (χ1) is 32.6. The van der Waals surface area contributed by atoms with E-state index >= 15 is 0 Å². The van der Waals surface area contributed by atoms with Crippen molar-refractivity contribution in [2.45, 2.75) is 147 Å². The summed E-state index contributed by atoms with van der Waals surface area (Å²) in [5.74, 6) is -1.82. The van der Waals surface area contributed by atoms with Gasteiger partial charge in [0.1, 0.15) is 17.0 Å². The van der Waals surface area contributed by atoms with Gasteiger partial charge in [0, 0.05) is 12.1 Å². The molecular formula is C55H79N5O10. The van der Waals surface area contributed by atoms with Gasteiger partial charge in [-0.05, 0) is 108 Å². The smallest absolute Gasteiger partial charge is 0.345 e. The second kappa shape index (κ2) is 25.3. The number of hydrogen-bond acceptors (Lipinski definition) is 15. The summed E-state index contributed by atoms with van der Waals surface area (Å²) in [6.45, 7) is 26.4. The van der Waals surface area contributed by atoms with Gasteiger partial charge in [0.15, 0.2) is 0 Å². The molecule has 15 nitrogen and oxygen atoms in total. The third kappa shape index (κ3) is 21.0. The lowest BCUT2D eigenvalue weighted by molar-refractivity contribution is -0.151. The van der Waals surface area contributed by atoms with Gasteiger partial charge in [0.05, 0.1) is 44.6 Å². The number of carbonyl (C=O) groups excluding carboxylic acids is 5. The SMILES string of the molecule is CCCCOC(=O)c1ccc(Nc2nc(CC3CCC(C=C(C(=O)OCC(C)(C)C)C(=O)OCC(C)(C)C)CC3)nc(NC3C=CC(C=C(C(=O)OCC(C)(C)C)C(=O)OCC(C)(C)C)=CC3)n2)cc1. The number of esters is 5. The normalized spacial score (nSPS) is 17.3. The van der Waals surface area contributed by atoms with Gasteiger partial charge in [-0.15, -0.1) is 0 Å². The predicted molar refractivity (Wildman–Crippen MR) is 271 cm³/mol. The van der Waals surface area contributed by atoms with Crippen LogP contribution in [0.2, 0.25) is 0 Å². The van der Waals surface area contributed by atoms with Crippen LogP contribution in [0.15, 0.2) is 71.4 Å². The molecule has 1 unspecified atom stereocenters. The lowest BCUT2D eigenvalue weighted by atomic mass is 9.79. The first-order valence-corrected chi connectivity index (χ1v) is 24.7. The lowest BCUT2D eigenvalue weighted by Crippen LogP contribution is -2.27. The number of aromatic nitrogens is 3. The Hall–Kier alpha value is -5.86. The van der Waals surface area contributed by atoms with Crippen molar-refractivity contribution in [2.75, 3.05) is 43.7 Å². The molecule has 15 heteroatoms. The van der Waals surface area contributed by atoms with E-state index in [-0.39, 0.29) is 83.1 Å². The number of anilines is 3. The van der Waals surface area contributed by atoms with Crippen LogP contribution in [0.5, 0.6) is 0 Å². The van der Waals surface area contributed by atoms with E-state index in [4.69, 9.17) is 38.6 Å². The zero-order valence-electron chi connectivity index (χ0n) is 44.0. The van der Waals surface area contributed by atoms with Crippen LogP contribution in [0.25, 0.3) is 0 Å². The molecule has 70 heavy (non-hydrogen) atoms. The van der Waals surface area contributed by atoms with Gasteiger partial charge >= 0.3 is 29.8 Å². The Kier molecular flexibility index (Phi) is 20.5. The average molecular weight is 970 g/mol. The van der Waals surface area contributed by atoms with Crippen molar-refractivity contribution in [3.8, 4) is 0 Å². The number of carbonyl (C=O) groups is 5. The van der Waals surface area contributed by atoms with E-state index in [9.17, 15) is 24.0 Å². The molecule has 1 aromatic heterocycles. The Morgan fingerprint density at radius 1 is 0.643 bits per heavy atom. The zero-order chi connectivity index (χ0) is 51.9. The largest absolute Gasteiger partial charge is 0.462 e. The van der Waals surface area contributed by atoms with E-state index in [0.29, 0.717) is 54.0 Å². The maximum Gasteiger partial charge on any atom is 0.345 e. The molecule has 1 heterocycles. The van der Waals surface area contributed by atoms with Crippen molar-refractivity contribution in [1.29, 1.82) is 0 Å². The topological polar surface area (TPSA) is 194 Å². The number of nitrogens with one attached hydrogen (secondary N) is 2. The Morgan fingerprint density at radius 3 is 1.61 bits per heavy atom. The molecule has 1 saturated carbocycles. The van der Waals surface area contributed by atoms with Crippen LogP contribution in [0.3, 0.4) is 0 Å². The molecule has 0 amide bonds. The molecule has 2 N–H and O–H groups in total. The summed E-state index contributed by atoms with van der Waals surface area (Å²) in [6.07, 6.45) is 14.7. The number of allylic oxidation sites excluding steroid dienone is 4. The summed E-state index contributed by atoms with van der Waals surface area (Å²) < 4.78 is 27.6. The average Bonchev–Trinajstić information content (AvgIpc) is 3.27. The quantitative estimate of drug-likeness (QED) is 0.0317. The summed E-state index contributed by atoms with van der Waals surface area (Å²) in [6, 6.07) is 6.67. The Balaban J connectivity index is 1.55. The first kappa shape index (κ1) is 56.7.